The molecule has 6 heteroatoms. The third-order valence-electron chi connectivity index (χ3n) is 3.15. The van der Waals surface area contributed by atoms with Gasteiger partial charge in [-0.05, 0) is 23.4 Å². The summed E-state index contributed by atoms with van der Waals surface area (Å²) in [6, 6.07) is 13.3. The predicted molar refractivity (Wildman–Crippen MR) is 77.4 cm³/mol. The Balaban J connectivity index is 1.85. The SMILES string of the molecule is COc1cccc(COn2nnc3ccccc32)c1OC. The normalized spacial score (nSPS) is 10.6. The van der Waals surface area contributed by atoms with E-state index in [2.05, 4.69) is 10.3 Å². The van der Waals surface area contributed by atoms with Gasteiger partial charge in [0.1, 0.15) is 17.6 Å². The van der Waals surface area contributed by atoms with E-state index in [9.17, 15) is 0 Å². The van der Waals surface area contributed by atoms with Crippen molar-refractivity contribution in [3.05, 3.63) is 48.0 Å². The molecule has 0 unspecified atom stereocenters. The van der Waals surface area contributed by atoms with Crippen molar-refractivity contribution < 1.29 is 14.3 Å². The van der Waals surface area contributed by atoms with Gasteiger partial charge in [0.15, 0.2) is 11.5 Å². The number of methoxy groups -OCH3 is 2. The van der Waals surface area contributed by atoms with Crippen LogP contribution in [-0.4, -0.2) is 29.4 Å². The Morgan fingerprint density at radius 3 is 2.67 bits per heavy atom. The van der Waals surface area contributed by atoms with Gasteiger partial charge < -0.3 is 14.3 Å². The maximum Gasteiger partial charge on any atom is 0.167 e. The first-order chi connectivity index (χ1) is 10.3. The number of hydrogen-bond acceptors (Lipinski definition) is 5. The molecule has 1 heterocycles. The third kappa shape index (κ3) is 2.47. The molecule has 0 saturated carbocycles. The van der Waals surface area contributed by atoms with Gasteiger partial charge >= 0.3 is 0 Å². The number of para-hydroxylation sites is 2. The van der Waals surface area contributed by atoms with E-state index in [0.717, 1.165) is 16.6 Å². The lowest BCUT2D eigenvalue weighted by molar-refractivity contribution is 0.0737. The number of fused-ring (bicyclic) bond motifs is 1. The maximum absolute atomic E-state index is 5.69. The monoisotopic (exact) mass is 285 g/mol. The molecular formula is C15H15N3O3. The van der Waals surface area contributed by atoms with E-state index in [1.165, 1.54) is 4.85 Å². The molecule has 0 aliphatic heterocycles. The van der Waals surface area contributed by atoms with Gasteiger partial charge in [-0.15, -0.1) is 5.10 Å². The van der Waals surface area contributed by atoms with Crippen LogP contribution in [0.3, 0.4) is 0 Å². The molecule has 0 aliphatic carbocycles. The first-order valence-corrected chi connectivity index (χ1v) is 6.47. The van der Waals surface area contributed by atoms with Crippen LogP contribution in [0.2, 0.25) is 0 Å². The van der Waals surface area contributed by atoms with Crippen molar-refractivity contribution in [1.82, 2.24) is 15.2 Å². The van der Waals surface area contributed by atoms with Crippen LogP contribution in [0.1, 0.15) is 5.56 Å². The molecule has 1 aromatic heterocycles. The molecule has 3 aromatic rings. The number of benzene rings is 2. The molecule has 0 N–H and O–H groups in total. The summed E-state index contributed by atoms with van der Waals surface area (Å²) >= 11 is 0. The first-order valence-electron chi connectivity index (χ1n) is 6.47. The second kappa shape index (κ2) is 5.70. The lowest BCUT2D eigenvalue weighted by atomic mass is 10.2. The Kier molecular flexibility index (Phi) is 3.59. The van der Waals surface area contributed by atoms with Gasteiger partial charge in [-0.2, -0.15) is 0 Å². The smallest absolute Gasteiger partial charge is 0.167 e. The fourth-order valence-electron chi connectivity index (χ4n) is 2.14. The zero-order valence-electron chi connectivity index (χ0n) is 11.8. The molecule has 0 spiro atoms. The van der Waals surface area contributed by atoms with Gasteiger partial charge in [0.25, 0.3) is 0 Å². The highest BCUT2D eigenvalue weighted by Crippen LogP contribution is 2.30. The fourth-order valence-corrected chi connectivity index (χ4v) is 2.14. The van der Waals surface area contributed by atoms with Crippen LogP contribution in [0.4, 0.5) is 0 Å². The lowest BCUT2D eigenvalue weighted by Gasteiger charge is -2.12. The van der Waals surface area contributed by atoms with Crippen LogP contribution in [0, 0.1) is 0 Å². The van der Waals surface area contributed by atoms with Gasteiger partial charge in [-0.25, -0.2) is 0 Å². The number of ether oxygens (including phenoxy) is 2. The Bertz CT molecular complexity index is 755. The number of hydrogen-bond donors (Lipinski definition) is 0. The molecule has 0 bridgehead atoms. The number of aromatic nitrogens is 3. The zero-order chi connectivity index (χ0) is 14.7. The summed E-state index contributed by atoms with van der Waals surface area (Å²) in [7, 11) is 3.21. The van der Waals surface area contributed by atoms with E-state index < -0.39 is 0 Å². The molecule has 3 rings (SSSR count). The van der Waals surface area contributed by atoms with Gasteiger partial charge in [0, 0.05) is 5.56 Å². The van der Waals surface area contributed by atoms with E-state index in [0.29, 0.717) is 18.1 Å². The second-order valence-corrected chi connectivity index (χ2v) is 4.38. The van der Waals surface area contributed by atoms with Gasteiger partial charge in [0.05, 0.1) is 14.2 Å². The van der Waals surface area contributed by atoms with E-state index in [1.807, 2.05) is 42.5 Å². The summed E-state index contributed by atoms with van der Waals surface area (Å²) in [5, 5.41) is 8.02. The topological polar surface area (TPSA) is 58.4 Å². The molecule has 2 aromatic carbocycles. The standard InChI is InChI=1S/C15H15N3O3/c1-19-14-9-5-6-11(15(14)20-2)10-21-18-13-8-4-3-7-12(13)16-17-18/h3-9H,10H2,1-2H3. The van der Waals surface area contributed by atoms with Crippen LogP contribution < -0.4 is 14.3 Å². The van der Waals surface area contributed by atoms with E-state index in [1.54, 1.807) is 14.2 Å². The van der Waals surface area contributed by atoms with Crippen molar-refractivity contribution >= 4 is 11.0 Å². The van der Waals surface area contributed by atoms with Crippen molar-refractivity contribution in [1.29, 1.82) is 0 Å². The minimum absolute atomic E-state index is 0.299. The molecule has 0 atom stereocenters. The van der Waals surface area contributed by atoms with Crippen molar-refractivity contribution in [2.45, 2.75) is 6.61 Å². The van der Waals surface area contributed by atoms with E-state index in [4.69, 9.17) is 14.3 Å². The Labute approximate surface area is 121 Å². The maximum atomic E-state index is 5.69. The van der Waals surface area contributed by atoms with Gasteiger partial charge in [-0.3, -0.25) is 0 Å². The van der Waals surface area contributed by atoms with E-state index in [-0.39, 0.29) is 0 Å². The Morgan fingerprint density at radius 2 is 1.86 bits per heavy atom. The molecular weight excluding hydrogens is 270 g/mol. The lowest BCUT2D eigenvalue weighted by Crippen LogP contribution is -2.13. The molecule has 0 radical (unpaired) electrons. The number of nitrogens with zero attached hydrogens (tertiary/aromatic N) is 3. The summed E-state index contributed by atoms with van der Waals surface area (Å²) in [6.07, 6.45) is 0. The molecule has 0 saturated heterocycles. The first kappa shape index (κ1) is 13.2. The Hall–Kier alpha value is -2.76. The highest BCUT2D eigenvalue weighted by molar-refractivity contribution is 5.73. The minimum atomic E-state index is 0.299. The van der Waals surface area contributed by atoms with Gasteiger partial charge in [-0.1, -0.05) is 29.1 Å². The largest absolute Gasteiger partial charge is 0.493 e. The highest BCUT2D eigenvalue weighted by atomic mass is 16.7. The van der Waals surface area contributed by atoms with Crippen LogP contribution in [-0.2, 0) is 6.61 Å². The third-order valence-corrected chi connectivity index (χ3v) is 3.15. The second-order valence-electron chi connectivity index (χ2n) is 4.38. The summed E-state index contributed by atoms with van der Waals surface area (Å²) in [6.45, 7) is 0.299. The highest BCUT2D eigenvalue weighted by Gasteiger charge is 2.11. The summed E-state index contributed by atoms with van der Waals surface area (Å²) in [5.41, 5.74) is 2.48. The number of rotatable bonds is 5. The van der Waals surface area contributed by atoms with Crippen molar-refractivity contribution in [2.75, 3.05) is 14.2 Å². The average Bonchev–Trinajstić information content (AvgIpc) is 2.95. The summed E-state index contributed by atoms with van der Waals surface area (Å²) < 4.78 is 10.6. The van der Waals surface area contributed by atoms with Crippen molar-refractivity contribution in [2.24, 2.45) is 0 Å². The molecule has 0 aliphatic rings. The van der Waals surface area contributed by atoms with Crippen molar-refractivity contribution in [3.8, 4) is 11.5 Å². The zero-order valence-corrected chi connectivity index (χ0v) is 11.8. The molecule has 0 fully saturated rings. The molecule has 108 valence electrons. The fraction of sp³-hybridized carbons (Fsp3) is 0.200. The minimum Gasteiger partial charge on any atom is -0.493 e. The predicted octanol–water partition coefficient (Wildman–Crippen LogP) is 2.08. The van der Waals surface area contributed by atoms with Crippen LogP contribution in [0.5, 0.6) is 11.5 Å². The molecule has 0 amide bonds. The average molecular weight is 285 g/mol. The van der Waals surface area contributed by atoms with Gasteiger partial charge in [0.2, 0.25) is 0 Å². The van der Waals surface area contributed by atoms with Crippen LogP contribution in [0.15, 0.2) is 42.5 Å². The molecule has 21 heavy (non-hydrogen) atoms. The van der Waals surface area contributed by atoms with Crippen LogP contribution in [0.25, 0.3) is 11.0 Å². The van der Waals surface area contributed by atoms with Crippen LogP contribution >= 0.6 is 0 Å². The Morgan fingerprint density at radius 1 is 1.00 bits per heavy atom. The molecule has 6 nitrogen and oxygen atoms in total. The van der Waals surface area contributed by atoms with E-state index >= 15 is 0 Å². The van der Waals surface area contributed by atoms with Crippen molar-refractivity contribution in [3.63, 3.8) is 0 Å². The summed E-state index contributed by atoms with van der Waals surface area (Å²) in [5.74, 6) is 1.33. The quantitative estimate of drug-likeness (QED) is 0.718. The summed E-state index contributed by atoms with van der Waals surface area (Å²) in [4.78, 5) is 7.11.